The average Bonchev–Trinajstić information content (AvgIpc) is 2.56. The van der Waals surface area contributed by atoms with Gasteiger partial charge in [0.2, 0.25) is 0 Å². The molecule has 1 aromatic heterocycles. The number of anilines is 2. The Labute approximate surface area is 142 Å². The van der Waals surface area contributed by atoms with Crippen molar-refractivity contribution in [2.24, 2.45) is 0 Å². The lowest BCUT2D eigenvalue weighted by atomic mass is 10.0. The fourth-order valence-electron chi connectivity index (χ4n) is 2.46. The van der Waals surface area contributed by atoms with Crippen molar-refractivity contribution in [2.75, 3.05) is 5.32 Å². The predicted molar refractivity (Wildman–Crippen MR) is 97.5 cm³/mol. The number of fused-ring (bicyclic) bond motifs is 1. The molecule has 0 radical (unpaired) electrons. The molecule has 0 unspecified atom stereocenters. The van der Waals surface area contributed by atoms with Gasteiger partial charge in [0.05, 0.1) is 16.8 Å². The molecule has 3 aromatic rings. The number of nitriles is 1. The van der Waals surface area contributed by atoms with Crippen LogP contribution in [0.4, 0.5) is 11.4 Å². The number of hydrogen-bond acceptors (Lipinski definition) is 3. The molecule has 23 heavy (non-hydrogen) atoms. The lowest BCUT2D eigenvalue weighted by molar-refractivity contribution is 1.14. The Morgan fingerprint density at radius 2 is 1.87 bits per heavy atom. The Kier molecular flexibility index (Phi) is 5.20. The molecule has 1 heterocycles. The predicted octanol–water partition coefficient (Wildman–Crippen LogP) is 5.14. The summed E-state index contributed by atoms with van der Waals surface area (Å²) >= 11 is 0. The van der Waals surface area contributed by atoms with Crippen molar-refractivity contribution in [3.05, 3.63) is 65.4 Å². The molecule has 116 valence electrons. The van der Waals surface area contributed by atoms with Crippen molar-refractivity contribution in [1.82, 2.24) is 4.98 Å². The minimum absolute atomic E-state index is 0. The zero-order chi connectivity index (χ0) is 15.5. The number of pyridine rings is 1. The topological polar surface area (TPSA) is 48.7 Å². The highest BCUT2D eigenvalue weighted by Crippen LogP contribution is 2.29. The second kappa shape index (κ2) is 7.13. The lowest BCUT2D eigenvalue weighted by Crippen LogP contribution is -1.97. The van der Waals surface area contributed by atoms with E-state index in [1.807, 2.05) is 18.2 Å². The van der Waals surface area contributed by atoms with Crippen LogP contribution in [0.15, 0.2) is 48.7 Å². The maximum atomic E-state index is 9.40. The number of benzene rings is 2. The zero-order valence-corrected chi connectivity index (χ0v) is 13.9. The summed E-state index contributed by atoms with van der Waals surface area (Å²) in [5.41, 5.74) is 5.69. The van der Waals surface area contributed by atoms with Crippen LogP contribution in [-0.2, 0) is 6.42 Å². The SMILES string of the molecule is CCc1ccc2ncc(C#N)c(Nc3ccc(C)cc3)c2c1.Cl. The van der Waals surface area contributed by atoms with Crippen molar-refractivity contribution in [3.8, 4) is 6.07 Å². The lowest BCUT2D eigenvalue weighted by Gasteiger charge is -2.12. The number of aryl methyl sites for hydroxylation is 2. The first kappa shape index (κ1) is 16.8. The molecule has 0 aliphatic heterocycles. The third kappa shape index (κ3) is 3.44. The van der Waals surface area contributed by atoms with Gasteiger partial charge in [-0.05, 0) is 43.2 Å². The normalized spacial score (nSPS) is 9.96. The summed E-state index contributed by atoms with van der Waals surface area (Å²) in [6, 6.07) is 16.6. The molecule has 0 saturated carbocycles. The van der Waals surface area contributed by atoms with Gasteiger partial charge in [-0.25, -0.2) is 0 Å². The summed E-state index contributed by atoms with van der Waals surface area (Å²) in [6.07, 6.45) is 2.58. The average molecular weight is 324 g/mol. The Balaban J connectivity index is 0.00000192. The van der Waals surface area contributed by atoms with Crippen LogP contribution in [0.3, 0.4) is 0 Å². The summed E-state index contributed by atoms with van der Waals surface area (Å²) in [5.74, 6) is 0. The van der Waals surface area contributed by atoms with Gasteiger partial charge in [-0.2, -0.15) is 5.26 Å². The Morgan fingerprint density at radius 1 is 1.13 bits per heavy atom. The second-order valence-corrected chi connectivity index (χ2v) is 5.35. The smallest absolute Gasteiger partial charge is 0.103 e. The van der Waals surface area contributed by atoms with Crippen molar-refractivity contribution in [1.29, 1.82) is 5.26 Å². The molecule has 2 aromatic carbocycles. The van der Waals surface area contributed by atoms with Crippen molar-refractivity contribution in [3.63, 3.8) is 0 Å². The largest absolute Gasteiger partial charge is 0.354 e. The maximum absolute atomic E-state index is 9.40. The van der Waals surface area contributed by atoms with Gasteiger partial charge >= 0.3 is 0 Å². The fourth-order valence-corrected chi connectivity index (χ4v) is 2.46. The van der Waals surface area contributed by atoms with Gasteiger partial charge in [0, 0.05) is 17.3 Å². The standard InChI is InChI=1S/C19H17N3.ClH/c1-3-14-6-9-18-17(10-14)19(15(11-20)12-21-18)22-16-7-4-13(2)5-8-16;/h4-10,12H,3H2,1-2H3,(H,21,22);1H. The molecule has 0 aliphatic carbocycles. The van der Waals surface area contributed by atoms with Crippen LogP contribution in [0.25, 0.3) is 10.9 Å². The number of halogens is 1. The van der Waals surface area contributed by atoms with Gasteiger partial charge in [-0.3, -0.25) is 4.98 Å². The Bertz CT molecular complexity index is 864. The van der Waals surface area contributed by atoms with Crippen LogP contribution in [0.1, 0.15) is 23.6 Å². The first-order valence-electron chi connectivity index (χ1n) is 7.36. The molecule has 3 nitrogen and oxygen atoms in total. The van der Waals surface area contributed by atoms with E-state index in [0.29, 0.717) is 5.56 Å². The van der Waals surface area contributed by atoms with E-state index in [2.05, 4.69) is 54.5 Å². The summed E-state index contributed by atoms with van der Waals surface area (Å²) in [6.45, 7) is 4.18. The second-order valence-electron chi connectivity index (χ2n) is 5.35. The van der Waals surface area contributed by atoms with E-state index in [1.165, 1.54) is 11.1 Å². The van der Waals surface area contributed by atoms with E-state index >= 15 is 0 Å². The third-order valence-corrected chi connectivity index (χ3v) is 3.78. The zero-order valence-electron chi connectivity index (χ0n) is 13.1. The third-order valence-electron chi connectivity index (χ3n) is 3.78. The van der Waals surface area contributed by atoms with Gasteiger partial charge in [-0.1, -0.05) is 30.7 Å². The van der Waals surface area contributed by atoms with Crippen LogP contribution >= 0.6 is 12.4 Å². The van der Waals surface area contributed by atoms with E-state index in [0.717, 1.165) is 28.7 Å². The van der Waals surface area contributed by atoms with E-state index in [-0.39, 0.29) is 12.4 Å². The molecule has 0 aliphatic rings. The van der Waals surface area contributed by atoms with Crippen LogP contribution < -0.4 is 5.32 Å². The minimum atomic E-state index is 0. The van der Waals surface area contributed by atoms with Crippen LogP contribution in [0, 0.1) is 18.3 Å². The number of aromatic nitrogens is 1. The summed E-state index contributed by atoms with van der Waals surface area (Å²) in [7, 11) is 0. The molecule has 3 rings (SSSR count). The van der Waals surface area contributed by atoms with E-state index in [9.17, 15) is 5.26 Å². The molecule has 0 fully saturated rings. The number of nitrogens with zero attached hydrogens (tertiary/aromatic N) is 2. The van der Waals surface area contributed by atoms with Gasteiger partial charge in [0.15, 0.2) is 0 Å². The molecular weight excluding hydrogens is 306 g/mol. The summed E-state index contributed by atoms with van der Waals surface area (Å²) < 4.78 is 0. The van der Waals surface area contributed by atoms with Crippen molar-refractivity contribution >= 4 is 34.7 Å². The van der Waals surface area contributed by atoms with Crippen molar-refractivity contribution < 1.29 is 0 Å². The summed E-state index contributed by atoms with van der Waals surface area (Å²) in [4.78, 5) is 4.38. The minimum Gasteiger partial charge on any atom is -0.354 e. The van der Waals surface area contributed by atoms with E-state index < -0.39 is 0 Å². The van der Waals surface area contributed by atoms with Crippen LogP contribution in [-0.4, -0.2) is 4.98 Å². The number of hydrogen-bond donors (Lipinski definition) is 1. The monoisotopic (exact) mass is 323 g/mol. The fraction of sp³-hybridized carbons (Fsp3) is 0.158. The molecule has 4 heteroatoms. The molecule has 0 saturated heterocycles. The first-order valence-corrected chi connectivity index (χ1v) is 7.36. The van der Waals surface area contributed by atoms with Gasteiger partial charge in [0.1, 0.15) is 6.07 Å². The van der Waals surface area contributed by atoms with Gasteiger partial charge in [-0.15, -0.1) is 12.4 Å². The highest BCUT2D eigenvalue weighted by molar-refractivity contribution is 5.96. The number of nitrogens with one attached hydrogen (secondary N) is 1. The van der Waals surface area contributed by atoms with E-state index in [1.54, 1.807) is 6.20 Å². The van der Waals surface area contributed by atoms with Crippen molar-refractivity contribution in [2.45, 2.75) is 20.3 Å². The molecular formula is C19H18ClN3. The highest BCUT2D eigenvalue weighted by Gasteiger charge is 2.10. The molecule has 0 bridgehead atoms. The van der Waals surface area contributed by atoms with Gasteiger partial charge < -0.3 is 5.32 Å². The summed E-state index contributed by atoms with van der Waals surface area (Å²) in [5, 5.41) is 13.8. The molecule has 0 spiro atoms. The quantitative estimate of drug-likeness (QED) is 0.725. The van der Waals surface area contributed by atoms with Crippen LogP contribution in [0.5, 0.6) is 0 Å². The molecule has 0 atom stereocenters. The van der Waals surface area contributed by atoms with Gasteiger partial charge in [0.25, 0.3) is 0 Å². The Morgan fingerprint density at radius 3 is 2.52 bits per heavy atom. The highest BCUT2D eigenvalue weighted by atomic mass is 35.5. The first-order chi connectivity index (χ1) is 10.7. The number of rotatable bonds is 3. The maximum Gasteiger partial charge on any atom is 0.103 e. The van der Waals surface area contributed by atoms with Crippen LogP contribution in [0.2, 0.25) is 0 Å². The molecule has 1 N–H and O–H groups in total. The molecule has 0 amide bonds. The van der Waals surface area contributed by atoms with E-state index in [4.69, 9.17) is 0 Å². The Hall–Kier alpha value is -2.57.